The maximum atomic E-state index is 12.0. The van der Waals surface area contributed by atoms with Crippen molar-refractivity contribution in [3.05, 3.63) is 70.0 Å². The number of carbonyl (C=O) groups is 1. The van der Waals surface area contributed by atoms with Gasteiger partial charge in [0.15, 0.2) is 0 Å². The molecule has 3 aromatic rings. The Kier molecular flexibility index (Phi) is 6.30. The van der Waals surface area contributed by atoms with Crippen LogP contribution in [0.1, 0.15) is 28.4 Å². The van der Waals surface area contributed by atoms with Crippen molar-refractivity contribution in [1.82, 2.24) is 9.97 Å². The summed E-state index contributed by atoms with van der Waals surface area (Å²) < 4.78 is 10.0. The number of nitrogens with zero attached hydrogens (tertiary/aromatic N) is 3. The van der Waals surface area contributed by atoms with E-state index in [2.05, 4.69) is 15.3 Å². The molecule has 0 saturated carbocycles. The van der Waals surface area contributed by atoms with Gasteiger partial charge < -0.3 is 14.8 Å². The van der Waals surface area contributed by atoms with Gasteiger partial charge in [0.05, 0.1) is 29.2 Å². The maximum Gasteiger partial charge on any atom is 0.340 e. The number of benzene rings is 2. The van der Waals surface area contributed by atoms with Gasteiger partial charge in [-0.15, -0.1) is 0 Å². The number of para-hydroxylation sites is 1. The molecule has 0 aliphatic heterocycles. The normalized spacial score (nSPS) is 11.8. The molecular weight excluding hydrogens is 376 g/mol. The van der Waals surface area contributed by atoms with Gasteiger partial charge in [0.1, 0.15) is 12.1 Å². The van der Waals surface area contributed by atoms with Crippen molar-refractivity contribution in [3.63, 3.8) is 0 Å². The number of rotatable bonds is 8. The van der Waals surface area contributed by atoms with Crippen molar-refractivity contribution < 1.29 is 19.2 Å². The van der Waals surface area contributed by atoms with E-state index in [-0.39, 0.29) is 11.7 Å². The molecule has 9 nitrogen and oxygen atoms in total. The van der Waals surface area contributed by atoms with E-state index in [1.54, 1.807) is 31.4 Å². The molecule has 1 heterocycles. The number of nitrogens with one attached hydrogen (secondary N) is 1. The van der Waals surface area contributed by atoms with Gasteiger partial charge in [0, 0.05) is 31.2 Å². The van der Waals surface area contributed by atoms with Crippen molar-refractivity contribution in [2.75, 3.05) is 26.1 Å². The maximum absolute atomic E-state index is 12.0. The van der Waals surface area contributed by atoms with Gasteiger partial charge >= 0.3 is 5.97 Å². The van der Waals surface area contributed by atoms with E-state index in [1.807, 2.05) is 6.07 Å². The number of anilines is 1. The Bertz CT molecular complexity index is 1040. The molecule has 0 bridgehead atoms. The zero-order chi connectivity index (χ0) is 20.8. The zero-order valence-corrected chi connectivity index (χ0v) is 16.0. The number of methoxy groups -OCH3 is 2. The standard InChI is InChI=1S/C20H20N4O5/c1-28-10-9-17(13-5-3-6-14(11-13)24(26)27)23-19-15-7-4-8-16(20(25)29-2)18(15)21-12-22-19/h3-8,11-12,17H,9-10H2,1-2H3,(H,21,22,23). The second-order valence-corrected chi connectivity index (χ2v) is 6.25. The molecule has 1 atom stereocenters. The molecule has 29 heavy (non-hydrogen) atoms. The van der Waals surface area contributed by atoms with Crippen LogP contribution >= 0.6 is 0 Å². The minimum atomic E-state index is -0.491. The minimum Gasteiger partial charge on any atom is -0.465 e. The van der Waals surface area contributed by atoms with Crippen LogP contribution in [0.5, 0.6) is 0 Å². The highest BCUT2D eigenvalue weighted by atomic mass is 16.6. The number of non-ortho nitro benzene ring substituents is 1. The van der Waals surface area contributed by atoms with Crippen molar-refractivity contribution in [2.24, 2.45) is 0 Å². The molecule has 1 aromatic heterocycles. The first-order valence-electron chi connectivity index (χ1n) is 8.87. The van der Waals surface area contributed by atoms with Gasteiger partial charge in [0.25, 0.3) is 5.69 Å². The lowest BCUT2D eigenvalue weighted by molar-refractivity contribution is -0.384. The van der Waals surface area contributed by atoms with Crippen LogP contribution in [0, 0.1) is 10.1 Å². The van der Waals surface area contributed by atoms with Crippen LogP contribution in [0.3, 0.4) is 0 Å². The third-order valence-corrected chi connectivity index (χ3v) is 4.48. The lowest BCUT2D eigenvalue weighted by Crippen LogP contribution is -2.15. The van der Waals surface area contributed by atoms with Crippen molar-refractivity contribution in [3.8, 4) is 0 Å². The summed E-state index contributed by atoms with van der Waals surface area (Å²) in [4.78, 5) is 31.3. The highest BCUT2D eigenvalue weighted by molar-refractivity contribution is 6.05. The number of ether oxygens (including phenoxy) is 2. The van der Waals surface area contributed by atoms with Crippen LogP contribution < -0.4 is 5.32 Å². The molecule has 0 fully saturated rings. The Morgan fingerprint density at radius 2 is 2.00 bits per heavy atom. The van der Waals surface area contributed by atoms with E-state index in [0.717, 1.165) is 5.56 Å². The summed E-state index contributed by atoms with van der Waals surface area (Å²) in [6, 6.07) is 11.3. The fourth-order valence-corrected chi connectivity index (χ4v) is 3.06. The van der Waals surface area contributed by atoms with E-state index >= 15 is 0 Å². The Morgan fingerprint density at radius 3 is 2.72 bits per heavy atom. The molecule has 0 aliphatic rings. The zero-order valence-electron chi connectivity index (χ0n) is 16.0. The Labute approximate surface area is 166 Å². The first kappa shape index (κ1) is 20.2. The third-order valence-electron chi connectivity index (χ3n) is 4.48. The average molecular weight is 396 g/mol. The van der Waals surface area contributed by atoms with E-state index < -0.39 is 10.9 Å². The number of hydrogen-bond acceptors (Lipinski definition) is 8. The molecule has 1 N–H and O–H groups in total. The monoisotopic (exact) mass is 396 g/mol. The molecule has 0 radical (unpaired) electrons. The number of hydrogen-bond donors (Lipinski definition) is 1. The average Bonchev–Trinajstić information content (AvgIpc) is 2.75. The van der Waals surface area contributed by atoms with E-state index in [0.29, 0.717) is 35.3 Å². The molecule has 150 valence electrons. The molecule has 1 unspecified atom stereocenters. The van der Waals surface area contributed by atoms with Gasteiger partial charge in [-0.2, -0.15) is 0 Å². The number of nitro groups is 1. The first-order valence-corrected chi connectivity index (χ1v) is 8.87. The Morgan fingerprint density at radius 1 is 1.21 bits per heavy atom. The van der Waals surface area contributed by atoms with E-state index in [1.165, 1.54) is 25.6 Å². The summed E-state index contributed by atoms with van der Waals surface area (Å²) in [5, 5.41) is 15.1. The van der Waals surface area contributed by atoms with Crippen LogP contribution in [-0.4, -0.2) is 41.7 Å². The van der Waals surface area contributed by atoms with E-state index in [9.17, 15) is 14.9 Å². The predicted octanol–water partition coefficient (Wildman–Crippen LogP) is 3.51. The van der Waals surface area contributed by atoms with Gasteiger partial charge in [-0.1, -0.05) is 18.2 Å². The second-order valence-electron chi connectivity index (χ2n) is 6.25. The van der Waals surface area contributed by atoms with Crippen molar-refractivity contribution >= 4 is 28.4 Å². The fourth-order valence-electron chi connectivity index (χ4n) is 3.06. The van der Waals surface area contributed by atoms with Crippen LogP contribution in [0.2, 0.25) is 0 Å². The second kappa shape index (κ2) is 9.07. The molecule has 0 saturated heterocycles. The number of nitro benzene ring substituents is 1. The van der Waals surface area contributed by atoms with Crippen LogP contribution in [0.4, 0.5) is 11.5 Å². The Hall–Kier alpha value is -3.59. The SMILES string of the molecule is COCCC(Nc1ncnc2c(C(=O)OC)cccc12)c1cccc([N+](=O)[O-])c1. The number of esters is 1. The number of aromatic nitrogens is 2. The van der Waals surface area contributed by atoms with Crippen molar-refractivity contribution in [2.45, 2.75) is 12.5 Å². The Balaban J connectivity index is 2.02. The van der Waals surface area contributed by atoms with Crippen LogP contribution in [0.15, 0.2) is 48.8 Å². The third kappa shape index (κ3) is 4.46. The molecule has 0 aliphatic carbocycles. The number of fused-ring (bicyclic) bond motifs is 1. The molecule has 0 spiro atoms. The summed E-state index contributed by atoms with van der Waals surface area (Å²) in [7, 11) is 2.90. The minimum absolute atomic E-state index is 0.00670. The summed E-state index contributed by atoms with van der Waals surface area (Å²) in [6.07, 6.45) is 1.91. The van der Waals surface area contributed by atoms with E-state index in [4.69, 9.17) is 9.47 Å². The molecular formula is C20H20N4O5. The van der Waals surface area contributed by atoms with Crippen LogP contribution in [-0.2, 0) is 9.47 Å². The first-order chi connectivity index (χ1) is 14.0. The summed E-state index contributed by atoms with van der Waals surface area (Å²) in [5.41, 5.74) is 1.53. The number of carbonyl (C=O) groups excluding carboxylic acids is 1. The van der Waals surface area contributed by atoms with Crippen molar-refractivity contribution in [1.29, 1.82) is 0 Å². The van der Waals surface area contributed by atoms with Gasteiger partial charge in [0.2, 0.25) is 0 Å². The highest BCUT2D eigenvalue weighted by Gasteiger charge is 2.19. The smallest absolute Gasteiger partial charge is 0.340 e. The predicted molar refractivity (Wildman–Crippen MR) is 107 cm³/mol. The lowest BCUT2D eigenvalue weighted by atomic mass is 10.0. The fraction of sp³-hybridized carbons (Fsp3) is 0.250. The molecule has 9 heteroatoms. The summed E-state index contributed by atoms with van der Waals surface area (Å²) in [5.74, 6) is 0.0169. The van der Waals surface area contributed by atoms with Gasteiger partial charge in [-0.05, 0) is 24.1 Å². The topological polar surface area (TPSA) is 116 Å². The molecule has 2 aromatic carbocycles. The molecule has 0 amide bonds. The quantitative estimate of drug-likeness (QED) is 0.349. The van der Waals surface area contributed by atoms with Gasteiger partial charge in [-0.3, -0.25) is 10.1 Å². The largest absolute Gasteiger partial charge is 0.465 e. The van der Waals surface area contributed by atoms with Crippen LogP contribution in [0.25, 0.3) is 10.9 Å². The summed E-state index contributed by atoms with van der Waals surface area (Å²) >= 11 is 0. The lowest BCUT2D eigenvalue weighted by Gasteiger charge is -2.20. The molecule has 3 rings (SSSR count). The van der Waals surface area contributed by atoms with Gasteiger partial charge in [-0.25, -0.2) is 14.8 Å². The highest BCUT2D eigenvalue weighted by Crippen LogP contribution is 2.29. The summed E-state index contributed by atoms with van der Waals surface area (Å²) in [6.45, 7) is 0.441.